The van der Waals surface area contributed by atoms with Gasteiger partial charge in [0.15, 0.2) is 5.71 Å². The molecule has 0 saturated heterocycles. The molecule has 0 bridgehead atoms. The molecular weight excluding hydrogens is 352 g/mol. The van der Waals surface area contributed by atoms with Crippen LogP contribution in [0.4, 0.5) is 5.69 Å². The highest BCUT2D eigenvalue weighted by molar-refractivity contribution is 6.47. The Labute approximate surface area is 155 Å². The number of para-hydroxylation sites is 1. The number of aryl methyl sites for hydroxylation is 1. The van der Waals surface area contributed by atoms with Crippen molar-refractivity contribution in [2.45, 2.75) is 13.8 Å². The number of hydrazone groups is 1. The van der Waals surface area contributed by atoms with Gasteiger partial charge in [-0.3, -0.25) is 5.43 Å². The molecule has 1 heterocycles. The van der Waals surface area contributed by atoms with Gasteiger partial charge in [0.2, 0.25) is 0 Å². The first-order valence-electron chi connectivity index (χ1n) is 7.86. The Morgan fingerprint density at radius 1 is 1.12 bits per heavy atom. The van der Waals surface area contributed by atoms with Crippen LogP contribution in [-0.4, -0.2) is 31.6 Å². The molecule has 8 heteroatoms. The number of benzene rings is 2. The number of anilines is 1. The van der Waals surface area contributed by atoms with E-state index in [1.165, 1.54) is 4.80 Å². The minimum absolute atomic E-state index is 0.235. The molecule has 0 saturated carbocycles. The molecule has 0 unspecified atom stereocenters. The van der Waals surface area contributed by atoms with Crippen LogP contribution in [0.2, 0.25) is 5.02 Å². The topological polar surface area (TPSA) is 87.7 Å². The number of rotatable bonds is 5. The summed E-state index contributed by atoms with van der Waals surface area (Å²) in [5.41, 5.74) is 6.19. The number of oxime groups is 1. The first-order valence-corrected chi connectivity index (χ1v) is 8.24. The van der Waals surface area contributed by atoms with Crippen LogP contribution < -0.4 is 5.43 Å². The van der Waals surface area contributed by atoms with E-state index in [1.807, 2.05) is 42.5 Å². The van der Waals surface area contributed by atoms with Crippen LogP contribution in [0.25, 0.3) is 5.69 Å². The van der Waals surface area contributed by atoms with Crippen LogP contribution in [0.3, 0.4) is 0 Å². The maximum absolute atomic E-state index is 9.48. The van der Waals surface area contributed by atoms with E-state index < -0.39 is 0 Å². The Hall–Kier alpha value is -3.19. The maximum atomic E-state index is 9.48. The van der Waals surface area contributed by atoms with E-state index in [1.54, 1.807) is 26.0 Å². The molecule has 132 valence electrons. The molecule has 0 aliphatic rings. The molecule has 0 atom stereocenters. The van der Waals surface area contributed by atoms with E-state index in [4.69, 9.17) is 11.6 Å². The molecule has 26 heavy (non-hydrogen) atoms. The van der Waals surface area contributed by atoms with Gasteiger partial charge in [0, 0.05) is 5.02 Å². The Balaban J connectivity index is 1.89. The fourth-order valence-electron chi connectivity index (χ4n) is 2.32. The normalized spacial score (nSPS) is 12.3. The summed E-state index contributed by atoms with van der Waals surface area (Å²) >= 11 is 6.02. The highest BCUT2D eigenvalue weighted by atomic mass is 35.5. The first kappa shape index (κ1) is 17.6. The summed E-state index contributed by atoms with van der Waals surface area (Å²) in [6.45, 7) is 3.51. The van der Waals surface area contributed by atoms with Gasteiger partial charge in [-0.05, 0) is 44.2 Å². The fourth-order valence-corrected chi connectivity index (χ4v) is 2.50. The highest BCUT2D eigenvalue weighted by Gasteiger charge is 2.18. The zero-order chi connectivity index (χ0) is 18.5. The third-order valence-electron chi connectivity index (χ3n) is 3.61. The van der Waals surface area contributed by atoms with Crippen molar-refractivity contribution < 1.29 is 5.21 Å². The minimum atomic E-state index is 0.235. The lowest BCUT2D eigenvalue weighted by atomic mass is 10.1. The lowest BCUT2D eigenvalue weighted by Crippen LogP contribution is -2.16. The number of nitrogens with zero attached hydrogens (tertiary/aromatic N) is 5. The van der Waals surface area contributed by atoms with Gasteiger partial charge in [0.1, 0.15) is 5.69 Å². The summed E-state index contributed by atoms with van der Waals surface area (Å²) < 4.78 is 0. The predicted octanol–water partition coefficient (Wildman–Crippen LogP) is 3.90. The van der Waals surface area contributed by atoms with E-state index in [0.29, 0.717) is 27.8 Å². The van der Waals surface area contributed by atoms with Gasteiger partial charge < -0.3 is 5.21 Å². The molecule has 0 aliphatic carbocycles. The van der Waals surface area contributed by atoms with Gasteiger partial charge in [-0.25, -0.2) is 0 Å². The van der Waals surface area contributed by atoms with Crippen LogP contribution in [0.15, 0.2) is 64.9 Å². The molecular formula is C18H17ClN6O. The molecule has 2 aromatic carbocycles. The van der Waals surface area contributed by atoms with Gasteiger partial charge in [-0.1, -0.05) is 41.0 Å². The van der Waals surface area contributed by atoms with Crippen molar-refractivity contribution in [3.05, 3.63) is 71.0 Å². The molecule has 3 rings (SSSR count). The number of nitrogens with one attached hydrogen (secondary N) is 1. The van der Waals surface area contributed by atoms with Crippen molar-refractivity contribution in [3.63, 3.8) is 0 Å². The fraction of sp³-hybridized carbons (Fsp3) is 0.111. The van der Waals surface area contributed by atoms with Gasteiger partial charge in [0.05, 0.1) is 22.8 Å². The number of aromatic nitrogens is 3. The van der Waals surface area contributed by atoms with Crippen molar-refractivity contribution in [1.82, 2.24) is 15.0 Å². The number of halogens is 1. The summed E-state index contributed by atoms with van der Waals surface area (Å²) in [5.74, 6) is 0. The van der Waals surface area contributed by atoms with Crippen LogP contribution in [0.5, 0.6) is 0 Å². The second-order valence-corrected chi connectivity index (χ2v) is 5.96. The van der Waals surface area contributed by atoms with Crippen LogP contribution in [0, 0.1) is 6.92 Å². The highest BCUT2D eigenvalue weighted by Crippen LogP contribution is 2.15. The molecule has 7 nitrogen and oxygen atoms in total. The molecule has 3 aromatic rings. The minimum Gasteiger partial charge on any atom is -0.410 e. The summed E-state index contributed by atoms with van der Waals surface area (Å²) in [6.07, 6.45) is 0. The zero-order valence-corrected chi connectivity index (χ0v) is 15.0. The van der Waals surface area contributed by atoms with Crippen molar-refractivity contribution in [1.29, 1.82) is 0 Å². The largest absolute Gasteiger partial charge is 0.410 e. The first-order chi connectivity index (χ1) is 12.6. The van der Waals surface area contributed by atoms with E-state index in [0.717, 1.165) is 5.69 Å². The summed E-state index contributed by atoms with van der Waals surface area (Å²) in [4.78, 5) is 1.44. The molecule has 0 aliphatic heterocycles. The maximum Gasteiger partial charge on any atom is 0.155 e. The summed E-state index contributed by atoms with van der Waals surface area (Å²) in [7, 11) is 0. The third kappa shape index (κ3) is 3.89. The van der Waals surface area contributed by atoms with Crippen LogP contribution in [0.1, 0.15) is 18.3 Å². The Bertz CT molecular complexity index is 965. The SMILES string of the molecule is CC(=N\Nc1ccccc1)/C(=N\O)c1nn(-c2cccc(Cl)c2)nc1C. The Morgan fingerprint density at radius 2 is 1.88 bits per heavy atom. The smallest absolute Gasteiger partial charge is 0.155 e. The van der Waals surface area contributed by atoms with Crippen molar-refractivity contribution >= 4 is 28.7 Å². The van der Waals surface area contributed by atoms with Gasteiger partial charge in [0.25, 0.3) is 0 Å². The van der Waals surface area contributed by atoms with Crippen LogP contribution >= 0.6 is 11.6 Å². The van der Waals surface area contributed by atoms with Gasteiger partial charge >= 0.3 is 0 Å². The molecule has 0 fully saturated rings. The lowest BCUT2D eigenvalue weighted by molar-refractivity contribution is 0.320. The number of hydrogen-bond donors (Lipinski definition) is 2. The molecule has 0 radical (unpaired) electrons. The van der Waals surface area contributed by atoms with E-state index in [-0.39, 0.29) is 5.71 Å². The monoisotopic (exact) mass is 368 g/mol. The second-order valence-electron chi connectivity index (χ2n) is 5.53. The molecule has 2 N–H and O–H groups in total. The van der Waals surface area contributed by atoms with E-state index in [9.17, 15) is 5.21 Å². The standard InChI is InChI=1S/C18H17ClN6O/c1-12(20-21-15-8-4-3-5-9-15)18(24-26)17-13(2)22-25(23-17)16-10-6-7-14(19)11-16/h3-11,21,26H,1-2H3/b20-12+,24-18+. The second kappa shape index (κ2) is 7.79. The Kier molecular flexibility index (Phi) is 5.28. The van der Waals surface area contributed by atoms with E-state index >= 15 is 0 Å². The van der Waals surface area contributed by atoms with Crippen molar-refractivity contribution in [2.75, 3.05) is 5.43 Å². The predicted molar refractivity (Wildman–Crippen MR) is 103 cm³/mol. The Morgan fingerprint density at radius 3 is 2.58 bits per heavy atom. The van der Waals surface area contributed by atoms with Gasteiger partial charge in [-0.2, -0.15) is 15.0 Å². The van der Waals surface area contributed by atoms with Crippen molar-refractivity contribution in [2.24, 2.45) is 10.3 Å². The molecule has 0 spiro atoms. The lowest BCUT2D eigenvalue weighted by Gasteiger charge is -2.04. The van der Waals surface area contributed by atoms with E-state index in [2.05, 4.69) is 25.9 Å². The average molecular weight is 369 g/mol. The summed E-state index contributed by atoms with van der Waals surface area (Å²) in [5, 5.41) is 26.5. The molecule has 1 aromatic heterocycles. The molecule has 0 amide bonds. The zero-order valence-electron chi connectivity index (χ0n) is 14.3. The van der Waals surface area contributed by atoms with Gasteiger partial charge in [-0.15, -0.1) is 5.10 Å². The number of hydrogen-bond acceptors (Lipinski definition) is 6. The van der Waals surface area contributed by atoms with Crippen LogP contribution in [-0.2, 0) is 0 Å². The summed E-state index contributed by atoms with van der Waals surface area (Å²) in [6, 6.07) is 16.6. The quantitative estimate of drug-likeness (QED) is 0.406. The average Bonchev–Trinajstić information content (AvgIpc) is 3.03. The van der Waals surface area contributed by atoms with Crippen molar-refractivity contribution in [3.8, 4) is 5.69 Å². The third-order valence-corrected chi connectivity index (χ3v) is 3.85.